The number of anilines is 3. The average molecular weight is 328 g/mol. The summed E-state index contributed by atoms with van der Waals surface area (Å²) in [5, 5.41) is 6.08. The number of hydrogen-bond donors (Lipinski definition) is 2. The number of ether oxygens (including phenoxy) is 1. The van der Waals surface area contributed by atoms with Crippen LogP contribution in [-0.4, -0.2) is 45.2 Å². The molecule has 0 saturated carbocycles. The van der Waals surface area contributed by atoms with E-state index in [1.54, 1.807) is 19.4 Å². The second-order valence-electron chi connectivity index (χ2n) is 5.60. The molecule has 1 aromatic carbocycles. The Morgan fingerprint density at radius 1 is 1.12 bits per heavy atom. The highest BCUT2D eigenvalue weighted by Crippen LogP contribution is 2.16. The minimum Gasteiger partial charge on any atom is -0.385 e. The Morgan fingerprint density at radius 3 is 2.42 bits per heavy atom. The highest BCUT2D eigenvalue weighted by Gasteiger charge is 2.08. The van der Waals surface area contributed by atoms with Crippen molar-refractivity contribution in [2.45, 2.75) is 6.42 Å². The summed E-state index contributed by atoms with van der Waals surface area (Å²) in [4.78, 5) is 18.4. The van der Waals surface area contributed by atoms with E-state index in [0.29, 0.717) is 12.3 Å². The van der Waals surface area contributed by atoms with Crippen LogP contribution in [0, 0.1) is 0 Å². The molecule has 128 valence electrons. The standard InChI is InChI=1S/C18H24N4O2/c1-22(2)16-8-5-14(6-9-16)21-18(23)17-10-7-15(13-20-17)19-11-4-12-24-3/h5-10,13,19H,4,11-12H2,1-3H3,(H,21,23). The molecule has 0 aliphatic rings. The number of carbonyl (C=O) groups excluding carboxylic acids is 1. The number of amides is 1. The van der Waals surface area contributed by atoms with Crippen molar-refractivity contribution in [3.63, 3.8) is 0 Å². The van der Waals surface area contributed by atoms with E-state index < -0.39 is 0 Å². The second kappa shape index (κ2) is 8.88. The van der Waals surface area contributed by atoms with Gasteiger partial charge in [-0.15, -0.1) is 0 Å². The van der Waals surface area contributed by atoms with Gasteiger partial charge in [-0.25, -0.2) is 4.98 Å². The number of nitrogens with zero attached hydrogens (tertiary/aromatic N) is 2. The van der Waals surface area contributed by atoms with Crippen LogP contribution < -0.4 is 15.5 Å². The largest absolute Gasteiger partial charge is 0.385 e. The van der Waals surface area contributed by atoms with Crippen LogP contribution >= 0.6 is 0 Å². The second-order valence-corrected chi connectivity index (χ2v) is 5.60. The molecule has 1 heterocycles. The molecule has 2 N–H and O–H groups in total. The summed E-state index contributed by atoms with van der Waals surface area (Å²) in [6, 6.07) is 11.2. The molecule has 0 atom stereocenters. The van der Waals surface area contributed by atoms with Gasteiger partial charge in [-0.2, -0.15) is 0 Å². The molecule has 0 unspecified atom stereocenters. The van der Waals surface area contributed by atoms with Crippen LogP contribution in [-0.2, 0) is 4.74 Å². The topological polar surface area (TPSA) is 66.5 Å². The SMILES string of the molecule is COCCCNc1ccc(C(=O)Nc2ccc(N(C)C)cc2)nc1. The molecule has 2 rings (SSSR count). The molecule has 2 aromatic rings. The van der Waals surface area contributed by atoms with Gasteiger partial charge >= 0.3 is 0 Å². The van der Waals surface area contributed by atoms with E-state index in [2.05, 4.69) is 15.6 Å². The zero-order valence-electron chi connectivity index (χ0n) is 14.4. The minimum atomic E-state index is -0.224. The number of aromatic nitrogens is 1. The molecule has 6 nitrogen and oxygen atoms in total. The van der Waals surface area contributed by atoms with Crippen molar-refractivity contribution < 1.29 is 9.53 Å². The highest BCUT2D eigenvalue weighted by atomic mass is 16.5. The number of nitrogens with one attached hydrogen (secondary N) is 2. The summed E-state index contributed by atoms with van der Waals surface area (Å²) in [6.45, 7) is 1.52. The fourth-order valence-corrected chi connectivity index (χ4v) is 2.12. The van der Waals surface area contributed by atoms with Crippen molar-refractivity contribution in [2.75, 3.05) is 49.9 Å². The van der Waals surface area contributed by atoms with Gasteiger partial charge in [0.1, 0.15) is 5.69 Å². The number of pyridine rings is 1. The monoisotopic (exact) mass is 328 g/mol. The van der Waals surface area contributed by atoms with Gasteiger partial charge in [0, 0.05) is 45.7 Å². The molecule has 0 aliphatic heterocycles. The molecule has 0 radical (unpaired) electrons. The molecule has 0 aliphatic carbocycles. The highest BCUT2D eigenvalue weighted by molar-refractivity contribution is 6.03. The molecule has 1 aromatic heterocycles. The maximum atomic E-state index is 12.2. The van der Waals surface area contributed by atoms with E-state index >= 15 is 0 Å². The van der Waals surface area contributed by atoms with E-state index in [1.807, 2.05) is 49.3 Å². The van der Waals surface area contributed by atoms with Crippen molar-refractivity contribution in [3.8, 4) is 0 Å². The first-order valence-electron chi connectivity index (χ1n) is 7.88. The van der Waals surface area contributed by atoms with Gasteiger partial charge in [0.2, 0.25) is 0 Å². The van der Waals surface area contributed by atoms with E-state index in [0.717, 1.165) is 30.0 Å². The van der Waals surface area contributed by atoms with Crippen molar-refractivity contribution in [1.82, 2.24) is 4.98 Å². The van der Waals surface area contributed by atoms with E-state index in [1.165, 1.54) is 0 Å². The number of methoxy groups -OCH3 is 1. The summed E-state index contributed by atoms with van der Waals surface area (Å²) in [5.74, 6) is -0.224. The summed E-state index contributed by atoms with van der Waals surface area (Å²) in [7, 11) is 5.63. The van der Waals surface area contributed by atoms with Gasteiger partial charge in [-0.05, 0) is 42.8 Å². The van der Waals surface area contributed by atoms with Crippen molar-refractivity contribution in [3.05, 3.63) is 48.3 Å². The molecule has 0 bridgehead atoms. The molecular weight excluding hydrogens is 304 g/mol. The van der Waals surface area contributed by atoms with Crippen LogP contribution in [0.25, 0.3) is 0 Å². The quantitative estimate of drug-likeness (QED) is 0.730. The van der Waals surface area contributed by atoms with Gasteiger partial charge < -0.3 is 20.3 Å². The predicted octanol–water partition coefficient (Wildman–Crippen LogP) is 2.85. The number of hydrogen-bond acceptors (Lipinski definition) is 5. The maximum Gasteiger partial charge on any atom is 0.274 e. The van der Waals surface area contributed by atoms with Crippen LogP contribution in [0.1, 0.15) is 16.9 Å². The number of carbonyl (C=O) groups is 1. The third-order valence-corrected chi connectivity index (χ3v) is 3.49. The lowest BCUT2D eigenvalue weighted by Gasteiger charge is -2.13. The molecule has 0 fully saturated rings. The molecule has 0 spiro atoms. The molecule has 24 heavy (non-hydrogen) atoms. The average Bonchev–Trinajstić information content (AvgIpc) is 2.59. The predicted molar refractivity (Wildman–Crippen MR) is 97.9 cm³/mol. The van der Waals surface area contributed by atoms with Gasteiger partial charge in [0.25, 0.3) is 5.91 Å². The van der Waals surface area contributed by atoms with Crippen LogP contribution in [0.3, 0.4) is 0 Å². The summed E-state index contributed by atoms with van der Waals surface area (Å²) in [6.07, 6.45) is 2.58. The van der Waals surface area contributed by atoms with Crippen LogP contribution in [0.5, 0.6) is 0 Å². The molecule has 0 saturated heterocycles. The summed E-state index contributed by atoms with van der Waals surface area (Å²) in [5.41, 5.74) is 3.09. The Hall–Kier alpha value is -2.60. The Kier molecular flexibility index (Phi) is 6.57. The third kappa shape index (κ3) is 5.24. The molecule has 6 heteroatoms. The third-order valence-electron chi connectivity index (χ3n) is 3.49. The smallest absolute Gasteiger partial charge is 0.274 e. The lowest BCUT2D eigenvalue weighted by atomic mass is 10.2. The summed E-state index contributed by atoms with van der Waals surface area (Å²) < 4.78 is 5.00. The van der Waals surface area contributed by atoms with E-state index in [-0.39, 0.29) is 5.91 Å². The Bertz CT molecular complexity index is 639. The zero-order chi connectivity index (χ0) is 17.4. The molecule has 1 amide bonds. The maximum absolute atomic E-state index is 12.2. The van der Waals surface area contributed by atoms with Gasteiger partial charge in [-0.1, -0.05) is 0 Å². The van der Waals surface area contributed by atoms with Crippen molar-refractivity contribution in [1.29, 1.82) is 0 Å². The lowest BCUT2D eigenvalue weighted by molar-refractivity contribution is 0.102. The van der Waals surface area contributed by atoms with E-state index in [4.69, 9.17) is 4.74 Å². The fourth-order valence-electron chi connectivity index (χ4n) is 2.12. The Balaban J connectivity index is 1.90. The first-order chi connectivity index (χ1) is 11.6. The van der Waals surface area contributed by atoms with E-state index in [9.17, 15) is 4.79 Å². The van der Waals surface area contributed by atoms with Gasteiger partial charge in [0.15, 0.2) is 0 Å². The normalized spacial score (nSPS) is 10.3. The number of rotatable bonds is 8. The van der Waals surface area contributed by atoms with Crippen LogP contribution in [0.2, 0.25) is 0 Å². The number of benzene rings is 1. The Labute approximate surface area is 142 Å². The Morgan fingerprint density at radius 2 is 1.83 bits per heavy atom. The van der Waals surface area contributed by atoms with Gasteiger partial charge in [0.05, 0.1) is 11.9 Å². The van der Waals surface area contributed by atoms with Crippen LogP contribution in [0.4, 0.5) is 17.1 Å². The summed E-state index contributed by atoms with van der Waals surface area (Å²) >= 11 is 0. The first kappa shape index (κ1) is 17.7. The molecular formula is C18H24N4O2. The van der Waals surface area contributed by atoms with Gasteiger partial charge in [-0.3, -0.25) is 4.79 Å². The lowest BCUT2D eigenvalue weighted by Crippen LogP contribution is -2.14. The van der Waals surface area contributed by atoms with Crippen molar-refractivity contribution >= 4 is 23.0 Å². The first-order valence-corrected chi connectivity index (χ1v) is 7.88. The zero-order valence-corrected chi connectivity index (χ0v) is 14.4. The minimum absolute atomic E-state index is 0.224. The van der Waals surface area contributed by atoms with Crippen molar-refractivity contribution in [2.24, 2.45) is 0 Å². The fraction of sp³-hybridized carbons (Fsp3) is 0.333. The van der Waals surface area contributed by atoms with Crippen LogP contribution in [0.15, 0.2) is 42.6 Å².